The second-order valence-electron chi connectivity index (χ2n) is 3.98. The molecule has 0 aromatic carbocycles. The lowest BCUT2D eigenvalue weighted by Crippen LogP contribution is -2.16. The third-order valence-corrected chi connectivity index (χ3v) is 2.75. The third-order valence-electron chi connectivity index (χ3n) is 2.75. The van der Waals surface area contributed by atoms with Gasteiger partial charge in [0.05, 0.1) is 6.54 Å². The second-order valence-corrected chi connectivity index (χ2v) is 3.98. The molecule has 1 aromatic rings. The highest BCUT2D eigenvalue weighted by atomic mass is 16.3. The second kappa shape index (κ2) is 3.85. The first-order valence-corrected chi connectivity index (χ1v) is 4.99. The maximum absolute atomic E-state index is 8.55. The van der Waals surface area contributed by atoms with E-state index in [-0.39, 0.29) is 0 Å². The molecule has 3 heteroatoms. The van der Waals surface area contributed by atoms with E-state index in [0.29, 0.717) is 5.76 Å². The Balaban J connectivity index is 1.72. The van der Waals surface area contributed by atoms with Crippen molar-refractivity contribution in [1.82, 2.24) is 5.32 Å². The number of rotatable bonds is 4. The first-order valence-electron chi connectivity index (χ1n) is 4.99. The summed E-state index contributed by atoms with van der Waals surface area (Å²) in [5.41, 5.74) is 0. The van der Waals surface area contributed by atoms with Crippen LogP contribution in [0, 0.1) is 23.2 Å². The summed E-state index contributed by atoms with van der Waals surface area (Å²) < 4.78 is 5.24. The Kier molecular flexibility index (Phi) is 2.55. The summed E-state index contributed by atoms with van der Waals surface area (Å²) in [7, 11) is 0. The molecule has 0 saturated heterocycles. The quantitative estimate of drug-likeness (QED) is 0.788. The molecule has 1 heterocycles. The highest BCUT2D eigenvalue weighted by Gasteiger charge is 2.31. The van der Waals surface area contributed by atoms with Gasteiger partial charge in [-0.15, -0.1) is 0 Å². The molecule has 0 radical (unpaired) electrons. The van der Waals surface area contributed by atoms with Crippen LogP contribution >= 0.6 is 0 Å². The van der Waals surface area contributed by atoms with Crippen LogP contribution in [-0.2, 0) is 6.54 Å². The van der Waals surface area contributed by atoms with Gasteiger partial charge in [0.1, 0.15) is 11.8 Å². The van der Waals surface area contributed by atoms with E-state index in [1.807, 2.05) is 12.1 Å². The van der Waals surface area contributed by atoms with E-state index in [9.17, 15) is 0 Å². The molecule has 1 aliphatic rings. The lowest BCUT2D eigenvalue weighted by molar-refractivity contribution is 0.468. The van der Waals surface area contributed by atoms with Crippen LogP contribution in [0.5, 0.6) is 0 Å². The number of nitrogens with one attached hydrogen (secondary N) is 1. The molecule has 1 saturated carbocycles. The van der Waals surface area contributed by atoms with Gasteiger partial charge < -0.3 is 9.73 Å². The number of furan rings is 1. The topological polar surface area (TPSA) is 49.0 Å². The summed E-state index contributed by atoms with van der Waals surface area (Å²) >= 11 is 0. The van der Waals surface area contributed by atoms with E-state index in [1.165, 1.54) is 6.42 Å². The van der Waals surface area contributed by atoms with Crippen LogP contribution in [0.25, 0.3) is 0 Å². The lowest BCUT2D eigenvalue weighted by atomic mass is 10.3. The molecule has 0 bridgehead atoms. The van der Waals surface area contributed by atoms with Gasteiger partial charge in [0, 0.05) is 0 Å². The Morgan fingerprint density at radius 2 is 2.43 bits per heavy atom. The number of nitriles is 1. The molecule has 1 fully saturated rings. The summed E-state index contributed by atoms with van der Waals surface area (Å²) in [5, 5.41) is 11.9. The fourth-order valence-electron chi connectivity index (χ4n) is 1.60. The van der Waals surface area contributed by atoms with Gasteiger partial charge in [0.25, 0.3) is 0 Å². The van der Waals surface area contributed by atoms with E-state index in [2.05, 4.69) is 12.2 Å². The summed E-state index contributed by atoms with van der Waals surface area (Å²) in [5.74, 6) is 2.96. The van der Waals surface area contributed by atoms with Gasteiger partial charge in [-0.1, -0.05) is 6.92 Å². The Hall–Kier alpha value is -1.27. The van der Waals surface area contributed by atoms with Gasteiger partial charge in [-0.2, -0.15) is 5.26 Å². The lowest BCUT2D eigenvalue weighted by Gasteiger charge is -1.99. The standard InChI is InChI=1S/C11H14N2O/c1-8-4-9(8)6-13-7-11-3-2-10(5-12)14-11/h2-3,8-9,13H,4,6-7H2,1H3. The van der Waals surface area contributed by atoms with E-state index in [0.717, 1.165) is 30.7 Å². The van der Waals surface area contributed by atoms with Crippen molar-refractivity contribution >= 4 is 0 Å². The van der Waals surface area contributed by atoms with Crippen LogP contribution in [0.4, 0.5) is 0 Å². The maximum Gasteiger partial charge on any atom is 0.203 e. The van der Waals surface area contributed by atoms with Crippen molar-refractivity contribution in [2.45, 2.75) is 19.9 Å². The zero-order chi connectivity index (χ0) is 9.97. The molecular weight excluding hydrogens is 176 g/mol. The highest BCUT2D eigenvalue weighted by molar-refractivity contribution is 5.18. The van der Waals surface area contributed by atoms with Crippen LogP contribution in [-0.4, -0.2) is 6.54 Å². The first-order chi connectivity index (χ1) is 6.79. The molecule has 0 spiro atoms. The van der Waals surface area contributed by atoms with Crippen LogP contribution in [0.2, 0.25) is 0 Å². The minimum absolute atomic E-state index is 0.390. The molecule has 1 aromatic heterocycles. The molecule has 0 aliphatic heterocycles. The largest absolute Gasteiger partial charge is 0.449 e. The maximum atomic E-state index is 8.55. The molecule has 2 rings (SSSR count). The molecule has 14 heavy (non-hydrogen) atoms. The predicted molar refractivity (Wildman–Crippen MR) is 52.4 cm³/mol. The molecular formula is C11H14N2O. The highest BCUT2D eigenvalue weighted by Crippen LogP contribution is 2.36. The van der Waals surface area contributed by atoms with Gasteiger partial charge in [0.2, 0.25) is 5.76 Å². The normalized spacial score (nSPS) is 24.6. The van der Waals surface area contributed by atoms with E-state index in [1.54, 1.807) is 6.07 Å². The molecule has 2 unspecified atom stereocenters. The van der Waals surface area contributed by atoms with Crippen LogP contribution in [0.3, 0.4) is 0 Å². The van der Waals surface area contributed by atoms with Gasteiger partial charge in [-0.05, 0) is 36.9 Å². The zero-order valence-corrected chi connectivity index (χ0v) is 8.29. The summed E-state index contributed by atoms with van der Waals surface area (Å²) in [6, 6.07) is 5.53. The van der Waals surface area contributed by atoms with Crippen LogP contribution in [0.15, 0.2) is 16.5 Å². The third kappa shape index (κ3) is 2.15. The number of hydrogen-bond acceptors (Lipinski definition) is 3. The summed E-state index contributed by atoms with van der Waals surface area (Å²) in [6.07, 6.45) is 1.34. The predicted octanol–water partition coefficient (Wildman–Crippen LogP) is 1.90. The van der Waals surface area contributed by atoms with Crippen molar-refractivity contribution in [1.29, 1.82) is 5.26 Å². The van der Waals surface area contributed by atoms with Crippen LogP contribution in [0.1, 0.15) is 24.9 Å². The molecule has 0 amide bonds. The van der Waals surface area contributed by atoms with Crippen molar-refractivity contribution in [3.05, 3.63) is 23.7 Å². The molecule has 1 aliphatic carbocycles. The Morgan fingerprint density at radius 1 is 1.64 bits per heavy atom. The Morgan fingerprint density at radius 3 is 3.00 bits per heavy atom. The van der Waals surface area contributed by atoms with Crippen molar-refractivity contribution in [3.8, 4) is 6.07 Å². The minimum atomic E-state index is 0.390. The average Bonchev–Trinajstić information content (AvgIpc) is 2.71. The zero-order valence-electron chi connectivity index (χ0n) is 8.29. The Labute approximate surface area is 83.7 Å². The number of hydrogen-bond donors (Lipinski definition) is 1. The van der Waals surface area contributed by atoms with E-state index >= 15 is 0 Å². The average molecular weight is 190 g/mol. The van der Waals surface area contributed by atoms with Crippen molar-refractivity contribution in [3.63, 3.8) is 0 Å². The Bertz CT molecular complexity index is 350. The summed E-state index contributed by atoms with van der Waals surface area (Å²) in [6.45, 7) is 4.06. The fourth-order valence-corrected chi connectivity index (χ4v) is 1.60. The first kappa shape index (κ1) is 9.29. The van der Waals surface area contributed by atoms with Gasteiger partial charge in [0.15, 0.2) is 0 Å². The smallest absolute Gasteiger partial charge is 0.203 e. The van der Waals surface area contributed by atoms with Crippen LogP contribution < -0.4 is 5.32 Å². The molecule has 1 N–H and O–H groups in total. The van der Waals surface area contributed by atoms with Crippen molar-refractivity contribution in [2.75, 3.05) is 6.54 Å². The molecule has 74 valence electrons. The van der Waals surface area contributed by atoms with E-state index < -0.39 is 0 Å². The SMILES string of the molecule is CC1CC1CNCc1ccc(C#N)o1. The van der Waals surface area contributed by atoms with Gasteiger partial charge >= 0.3 is 0 Å². The molecule has 2 atom stereocenters. The van der Waals surface area contributed by atoms with Crippen molar-refractivity contribution < 1.29 is 4.42 Å². The van der Waals surface area contributed by atoms with Crippen molar-refractivity contribution in [2.24, 2.45) is 11.8 Å². The summed E-state index contributed by atoms with van der Waals surface area (Å²) in [4.78, 5) is 0. The number of nitrogens with zero attached hydrogens (tertiary/aromatic N) is 1. The van der Waals surface area contributed by atoms with E-state index in [4.69, 9.17) is 9.68 Å². The minimum Gasteiger partial charge on any atom is -0.449 e. The monoisotopic (exact) mass is 190 g/mol. The van der Waals surface area contributed by atoms with Gasteiger partial charge in [-0.3, -0.25) is 0 Å². The molecule has 3 nitrogen and oxygen atoms in total. The fraction of sp³-hybridized carbons (Fsp3) is 0.545. The van der Waals surface area contributed by atoms with Gasteiger partial charge in [-0.25, -0.2) is 0 Å².